The van der Waals surface area contributed by atoms with Crippen molar-refractivity contribution in [3.8, 4) is 5.88 Å². The number of rotatable bonds is 7. The molecule has 0 saturated heterocycles. The molecule has 3 rings (SSSR count). The van der Waals surface area contributed by atoms with Gasteiger partial charge < -0.3 is 20.3 Å². The van der Waals surface area contributed by atoms with Crippen LogP contribution in [-0.2, 0) is 6.54 Å². The Hall–Kier alpha value is -2.09. The average molecular weight is 347 g/mol. The van der Waals surface area contributed by atoms with Crippen LogP contribution < -0.4 is 10.1 Å². The van der Waals surface area contributed by atoms with Gasteiger partial charge in [-0.15, -0.1) is 0 Å². The molecule has 0 amide bonds. The first kappa shape index (κ1) is 17.7. The summed E-state index contributed by atoms with van der Waals surface area (Å²) >= 11 is 0. The van der Waals surface area contributed by atoms with E-state index in [0.29, 0.717) is 38.4 Å². The van der Waals surface area contributed by atoms with Gasteiger partial charge in [-0.05, 0) is 30.5 Å². The van der Waals surface area contributed by atoms with Crippen LogP contribution in [0, 0.1) is 11.2 Å². The van der Waals surface area contributed by atoms with Gasteiger partial charge in [-0.25, -0.2) is 9.37 Å². The summed E-state index contributed by atoms with van der Waals surface area (Å²) in [5.41, 5.74) is 0.557. The van der Waals surface area contributed by atoms with Crippen LogP contribution in [0.1, 0.15) is 18.4 Å². The number of aromatic nitrogens is 2. The SMILES string of the molecule is O[C@@H]1CC(CNCc2ccc(F)cc2)(COc2cnccn2)C[C@@H]1O. The molecule has 134 valence electrons. The molecular weight excluding hydrogens is 325 g/mol. The van der Waals surface area contributed by atoms with Crippen LogP contribution in [0.5, 0.6) is 5.88 Å². The zero-order valence-electron chi connectivity index (χ0n) is 13.8. The lowest BCUT2D eigenvalue weighted by Crippen LogP contribution is -2.38. The lowest BCUT2D eigenvalue weighted by molar-refractivity contribution is 0.0438. The fourth-order valence-corrected chi connectivity index (χ4v) is 3.22. The van der Waals surface area contributed by atoms with Crippen LogP contribution in [0.25, 0.3) is 0 Å². The van der Waals surface area contributed by atoms with Gasteiger partial charge in [-0.2, -0.15) is 0 Å². The summed E-state index contributed by atoms with van der Waals surface area (Å²) in [6, 6.07) is 6.30. The minimum absolute atomic E-state index is 0.264. The lowest BCUT2D eigenvalue weighted by atomic mass is 9.86. The van der Waals surface area contributed by atoms with E-state index in [1.54, 1.807) is 24.5 Å². The third-order valence-corrected chi connectivity index (χ3v) is 4.54. The smallest absolute Gasteiger partial charge is 0.232 e. The van der Waals surface area contributed by atoms with E-state index in [-0.39, 0.29) is 5.82 Å². The summed E-state index contributed by atoms with van der Waals surface area (Å²) in [5, 5.41) is 23.3. The number of hydrogen-bond acceptors (Lipinski definition) is 6. The summed E-state index contributed by atoms with van der Waals surface area (Å²) < 4.78 is 18.7. The Morgan fingerprint density at radius 1 is 1.16 bits per heavy atom. The normalized spacial score (nSPS) is 25.9. The van der Waals surface area contributed by atoms with Crippen molar-refractivity contribution in [2.45, 2.75) is 31.6 Å². The van der Waals surface area contributed by atoms with Crippen molar-refractivity contribution < 1.29 is 19.3 Å². The molecule has 1 fully saturated rings. The third-order valence-electron chi connectivity index (χ3n) is 4.54. The van der Waals surface area contributed by atoms with E-state index in [9.17, 15) is 14.6 Å². The quantitative estimate of drug-likeness (QED) is 0.700. The third kappa shape index (κ3) is 4.72. The van der Waals surface area contributed by atoms with Crippen LogP contribution in [0.2, 0.25) is 0 Å². The number of ether oxygens (including phenoxy) is 1. The van der Waals surface area contributed by atoms with Crippen molar-refractivity contribution in [3.63, 3.8) is 0 Å². The van der Waals surface area contributed by atoms with Crippen molar-refractivity contribution in [1.29, 1.82) is 0 Å². The number of halogens is 1. The Kier molecular flexibility index (Phi) is 5.57. The molecule has 1 saturated carbocycles. The van der Waals surface area contributed by atoms with E-state index in [1.165, 1.54) is 18.3 Å². The first-order chi connectivity index (χ1) is 12.1. The second-order valence-electron chi connectivity index (χ2n) is 6.61. The molecule has 25 heavy (non-hydrogen) atoms. The van der Waals surface area contributed by atoms with Gasteiger partial charge in [0.1, 0.15) is 5.82 Å². The minimum atomic E-state index is -0.766. The largest absolute Gasteiger partial charge is 0.476 e. The Morgan fingerprint density at radius 2 is 1.88 bits per heavy atom. The monoisotopic (exact) mass is 347 g/mol. The number of hydrogen-bond donors (Lipinski definition) is 3. The summed E-state index contributed by atoms with van der Waals surface area (Å²) in [4.78, 5) is 8.04. The molecule has 3 N–H and O–H groups in total. The molecule has 6 nitrogen and oxygen atoms in total. The number of nitrogens with zero attached hydrogens (tertiary/aromatic N) is 2. The van der Waals surface area contributed by atoms with Crippen molar-refractivity contribution in [2.24, 2.45) is 5.41 Å². The molecule has 1 aliphatic rings. The summed E-state index contributed by atoms with van der Waals surface area (Å²) in [5.74, 6) is 0.149. The van der Waals surface area contributed by atoms with Crippen LogP contribution in [0.15, 0.2) is 42.9 Å². The standard InChI is InChI=1S/C18H22FN3O3/c19-14-3-1-13(2-4-14)9-21-11-18(7-15(23)16(24)8-18)12-25-17-10-20-5-6-22-17/h1-6,10,15-16,21,23-24H,7-9,11-12H2/t15-,16+,18?. The molecule has 0 aliphatic heterocycles. The van der Waals surface area contributed by atoms with Gasteiger partial charge in [-0.1, -0.05) is 12.1 Å². The fourth-order valence-electron chi connectivity index (χ4n) is 3.22. The maximum atomic E-state index is 13.0. The maximum absolute atomic E-state index is 13.0. The predicted molar refractivity (Wildman–Crippen MR) is 89.3 cm³/mol. The van der Waals surface area contributed by atoms with E-state index < -0.39 is 17.6 Å². The fraction of sp³-hybridized carbons (Fsp3) is 0.444. The molecule has 7 heteroatoms. The zero-order valence-corrected chi connectivity index (χ0v) is 13.8. The average Bonchev–Trinajstić information content (AvgIpc) is 2.90. The highest BCUT2D eigenvalue weighted by Crippen LogP contribution is 2.38. The number of aliphatic hydroxyl groups excluding tert-OH is 2. The highest BCUT2D eigenvalue weighted by atomic mass is 19.1. The Labute approximate surface area is 145 Å². The van der Waals surface area contributed by atoms with E-state index in [1.807, 2.05) is 0 Å². The van der Waals surface area contributed by atoms with Gasteiger partial charge in [-0.3, -0.25) is 4.98 Å². The van der Waals surface area contributed by atoms with Gasteiger partial charge in [0.2, 0.25) is 5.88 Å². The Balaban J connectivity index is 1.60. The predicted octanol–water partition coefficient (Wildman–Crippen LogP) is 1.29. The topological polar surface area (TPSA) is 87.5 Å². The minimum Gasteiger partial charge on any atom is -0.476 e. The molecule has 1 unspecified atom stereocenters. The second-order valence-corrected chi connectivity index (χ2v) is 6.61. The van der Waals surface area contributed by atoms with Gasteiger partial charge in [0.15, 0.2) is 0 Å². The number of aliphatic hydroxyl groups is 2. The molecule has 0 bridgehead atoms. The van der Waals surface area contributed by atoms with E-state index >= 15 is 0 Å². The molecule has 1 aromatic carbocycles. The van der Waals surface area contributed by atoms with Crippen LogP contribution in [0.4, 0.5) is 4.39 Å². The van der Waals surface area contributed by atoms with Gasteiger partial charge in [0.25, 0.3) is 0 Å². The number of benzene rings is 1. The molecule has 2 aromatic rings. The van der Waals surface area contributed by atoms with Gasteiger partial charge in [0.05, 0.1) is 25.0 Å². The molecule has 0 radical (unpaired) electrons. The van der Waals surface area contributed by atoms with E-state index in [4.69, 9.17) is 4.74 Å². The molecule has 1 heterocycles. The van der Waals surface area contributed by atoms with Gasteiger partial charge >= 0.3 is 0 Å². The van der Waals surface area contributed by atoms with Gasteiger partial charge in [0, 0.05) is 30.9 Å². The van der Waals surface area contributed by atoms with Crippen LogP contribution in [-0.4, -0.2) is 45.5 Å². The maximum Gasteiger partial charge on any atom is 0.232 e. The van der Waals surface area contributed by atoms with E-state index in [0.717, 1.165) is 5.56 Å². The summed E-state index contributed by atoms with van der Waals surface area (Å²) in [6.45, 7) is 1.44. The second kappa shape index (κ2) is 7.86. The Bertz CT molecular complexity index is 659. The van der Waals surface area contributed by atoms with Crippen molar-refractivity contribution in [3.05, 3.63) is 54.2 Å². The lowest BCUT2D eigenvalue weighted by Gasteiger charge is -2.29. The Morgan fingerprint density at radius 3 is 2.52 bits per heavy atom. The molecule has 0 spiro atoms. The molecule has 1 aliphatic carbocycles. The first-order valence-electron chi connectivity index (χ1n) is 8.26. The number of nitrogens with one attached hydrogen (secondary N) is 1. The molecular formula is C18H22FN3O3. The van der Waals surface area contributed by atoms with Crippen molar-refractivity contribution in [1.82, 2.24) is 15.3 Å². The molecule has 3 atom stereocenters. The van der Waals surface area contributed by atoms with Crippen molar-refractivity contribution in [2.75, 3.05) is 13.2 Å². The van der Waals surface area contributed by atoms with Crippen LogP contribution in [0.3, 0.4) is 0 Å². The first-order valence-corrected chi connectivity index (χ1v) is 8.26. The zero-order chi connectivity index (χ0) is 17.7. The van der Waals surface area contributed by atoms with Crippen LogP contribution >= 0.6 is 0 Å². The highest BCUT2D eigenvalue weighted by molar-refractivity contribution is 5.15. The van der Waals surface area contributed by atoms with E-state index in [2.05, 4.69) is 15.3 Å². The molecule has 1 aromatic heterocycles. The highest BCUT2D eigenvalue weighted by Gasteiger charge is 2.44. The summed E-state index contributed by atoms with van der Waals surface area (Å²) in [7, 11) is 0. The van der Waals surface area contributed by atoms with Crippen molar-refractivity contribution >= 4 is 0 Å². The summed E-state index contributed by atoms with van der Waals surface area (Å²) in [6.07, 6.45) is 3.98.